The summed E-state index contributed by atoms with van der Waals surface area (Å²) in [7, 11) is -2.73. The molecule has 1 aromatic carbocycles. The Morgan fingerprint density at radius 2 is 1.95 bits per heavy atom. The molecule has 1 aromatic rings. The molecule has 0 aliphatic carbocycles. The standard InChI is InChI=1S/C14H19F2NO3S/c1-20-13-10(7-9-3-5-17-6-4-9)8-11(15)14(12(13)16)21(2,18)19/h8-9,17H,3-7H2,1-2H3. The van der Waals surface area contributed by atoms with E-state index in [9.17, 15) is 17.2 Å². The zero-order valence-corrected chi connectivity index (χ0v) is 12.9. The molecule has 0 amide bonds. The zero-order chi connectivity index (χ0) is 15.6. The van der Waals surface area contributed by atoms with Gasteiger partial charge in [0.05, 0.1) is 7.11 Å². The molecule has 0 atom stereocenters. The molecular weight excluding hydrogens is 300 g/mol. The zero-order valence-electron chi connectivity index (χ0n) is 12.1. The van der Waals surface area contributed by atoms with Crippen LogP contribution in [0.1, 0.15) is 18.4 Å². The van der Waals surface area contributed by atoms with Gasteiger partial charge in [0.1, 0.15) is 10.7 Å². The van der Waals surface area contributed by atoms with Gasteiger partial charge < -0.3 is 10.1 Å². The average Bonchev–Trinajstić information content (AvgIpc) is 2.38. The third-order valence-electron chi connectivity index (χ3n) is 3.75. The summed E-state index contributed by atoms with van der Waals surface area (Å²) >= 11 is 0. The number of halogens is 2. The topological polar surface area (TPSA) is 55.4 Å². The normalized spacial score (nSPS) is 17.0. The predicted octanol–water partition coefficient (Wildman–Crippen LogP) is 1.92. The van der Waals surface area contributed by atoms with Crippen molar-refractivity contribution in [1.82, 2.24) is 5.32 Å². The molecule has 7 heteroatoms. The van der Waals surface area contributed by atoms with Crippen LogP contribution in [0.4, 0.5) is 8.78 Å². The number of rotatable bonds is 4. The number of nitrogens with one attached hydrogen (secondary N) is 1. The highest BCUT2D eigenvalue weighted by molar-refractivity contribution is 7.90. The van der Waals surface area contributed by atoms with Crippen molar-refractivity contribution in [2.75, 3.05) is 26.5 Å². The van der Waals surface area contributed by atoms with Crippen LogP contribution in [0.3, 0.4) is 0 Å². The number of hydrogen-bond donors (Lipinski definition) is 1. The van der Waals surface area contributed by atoms with Crippen LogP contribution in [0.5, 0.6) is 5.75 Å². The minimum Gasteiger partial charge on any atom is -0.493 e. The van der Waals surface area contributed by atoms with Crippen molar-refractivity contribution in [2.24, 2.45) is 5.92 Å². The molecule has 0 unspecified atom stereocenters. The molecule has 1 N–H and O–H groups in total. The fraction of sp³-hybridized carbons (Fsp3) is 0.571. The number of methoxy groups -OCH3 is 1. The maximum absolute atomic E-state index is 14.3. The van der Waals surface area contributed by atoms with E-state index in [1.54, 1.807) is 0 Å². The van der Waals surface area contributed by atoms with E-state index in [1.165, 1.54) is 7.11 Å². The number of piperidine rings is 1. The van der Waals surface area contributed by atoms with Gasteiger partial charge in [0, 0.05) is 11.8 Å². The molecule has 1 fully saturated rings. The van der Waals surface area contributed by atoms with Crippen molar-refractivity contribution in [3.05, 3.63) is 23.3 Å². The van der Waals surface area contributed by atoms with Gasteiger partial charge in [-0.25, -0.2) is 17.2 Å². The van der Waals surface area contributed by atoms with Crippen LogP contribution < -0.4 is 10.1 Å². The molecule has 0 bridgehead atoms. The predicted molar refractivity (Wildman–Crippen MR) is 75.3 cm³/mol. The Morgan fingerprint density at radius 1 is 1.33 bits per heavy atom. The van der Waals surface area contributed by atoms with E-state index in [-0.39, 0.29) is 5.75 Å². The van der Waals surface area contributed by atoms with Gasteiger partial charge >= 0.3 is 0 Å². The lowest BCUT2D eigenvalue weighted by Crippen LogP contribution is -2.28. The largest absolute Gasteiger partial charge is 0.493 e. The van der Waals surface area contributed by atoms with Crippen molar-refractivity contribution >= 4 is 9.84 Å². The first-order valence-electron chi connectivity index (χ1n) is 6.80. The second-order valence-electron chi connectivity index (χ2n) is 5.36. The molecule has 0 spiro atoms. The van der Waals surface area contributed by atoms with Crippen molar-refractivity contribution in [1.29, 1.82) is 0 Å². The first-order chi connectivity index (χ1) is 9.84. The minimum absolute atomic E-state index is 0.171. The summed E-state index contributed by atoms with van der Waals surface area (Å²) in [5.41, 5.74) is 0.381. The maximum Gasteiger partial charge on any atom is 0.186 e. The van der Waals surface area contributed by atoms with E-state index < -0.39 is 26.4 Å². The third kappa shape index (κ3) is 3.52. The van der Waals surface area contributed by atoms with Crippen molar-refractivity contribution < 1.29 is 21.9 Å². The fourth-order valence-corrected chi connectivity index (χ4v) is 3.57. The van der Waals surface area contributed by atoms with E-state index in [4.69, 9.17) is 4.74 Å². The lowest BCUT2D eigenvalue weighted by atomic mass is 9.90. The van der Waals surface area contributed by atoms with Gasteiger partial charge in [-0.3, -0.25) is 0 Å². The lowest BCUT2D eigenvalue weighted by Gasteiger charge is -2.23. The molecular formula is C14H19F2NO3S. The molecule has 0 saturated carbocycles. The number of benzene rings is 1. The molecule has 21 heavy (non-hydrogen) atoms. The highest BCUT2D eigenvalue weighted by Crippen LogP contribution is 2.33. The highest BCUT2D eigenvalue weighted by atomic mass is 32.2. The fourth-order valence-electron chi connectivity index (χ4n) is 2.74. The molecule has 1 aliphatic heterocycles. The average molecular weight is 319 g/mol. The van der Waals surface area contributed by atoms with Gasteiger partial charge in [-0.1, -0.05) is 0 Å². The SMILES string of the molecule is COc1c(CC2CCNCC2)cc(F)c(S(C)(=O)=O)c1F. The van der Waals surface area contributed by atoms with E-state index in [1.807, 2.05) is 0 Å². The van der Waals surface area contributed by atoms with Gasteiger partial charge in [-0.2, -0.15) is 0 Å². The lowest BCUT2D eigenvalue weighted by molar-refractivity contribution is 0.346. The van der Waals surface area contributed by atoms with Gasteiger partial charge in [0.25, 0.3) is 0 Å². The molecule has 0 aromatic heterocycles. The van der Waals surface area contributed by atoms with Crippen LogP contribution >= 0.6 is 0 Å². The second kappa shape index (κ2) is 6.27. The Hall–Kier alpha value is -1.21. The summed E-state index contributed by atoms with van der Waals surface area (Å²) in [6, 6.07) is 1.08. The van der Waals surface area contributed by atoms with E-state index in [0.29, 0.717) is 17.9 Å². The minimum atomic E-state index is -3.99. The van der Waals surface area contributed by atoms with Gasteiger partial charge in [-0.15, -0.1) is 0 Å². The smallest absolute Gasteiger partial charge is 0.186 e. The maximum atomic E-state index is 14.3. The van der Waals surface area contributed by atoms with Crippen LogP contribution in [0.2, 0.25) is 0 Å². The third-order valence-corrected chi connectivity index (χ3v) is 4.87. The molecule has 1 saturated heterocycles. The van der Waals surface area contributed by atoms with Crippen LogP contribution in [0.15, 0.2) is 11.0 Å². The number of sulfone groups is 1. The Kier molecular flexibility index (Phi) is 4.83. The summed E-state index contributed by atoms with van der Waals surface area (Å²) in [5, 5.41) is 3.22. The van der Waals surface area contributed by atoms with Crippen LogP contribution in [0.25, 0.3) is 0 Å². The van der Waals surface area contributed by atoms with Gasteiger partial charge in [0.15, 0.2) is 21.4 Å². The second-order valence-corrected chi connectivity index (χ2v) is 7.32. The molecule has 2 rings (SSSR count). The Morgan fingerprint density at radius 3 is 2.48 bits per heavy atom. The highest BCUT2D eigenvalue weighted by Gasteiger charge is 2.27. The number of hydrogen-bond acceptors (Lipinski definition) is 4. The van der Waals surface area contributed by atoms with E-state index in [0.717, 1.165) is 38.3 Å². The van der Waals surface area contributed by atoms with Crippen LogP contribution in [0, 0.1) is 17.6 Å². The summed E-state index contributed by atoms with van der Waals surface area (Å²) in [5.74, 6) is -2.05. The van der Waals surface area contributed by atoms with E-state index in [2.05, 4.69) is 5.32 Å². The number of ether oxygens (including phenoxy) is 1. The first-order valence-corrected chi connectivity index (χ1v) is 8.69. The van der Waals surface area contributed by atoms with Crippen molar-refractivity contribution in [3.63, 3.8) is 0 Å². The summed E-state index contributed by atoms with van der Waals surface area (Å²) in [4.78, 5) is -0.923. The quantitative estimate of drug-likeness (QED) is 0.921. The van der Waals surface area contributed by atoms with E-state index >= 15 is 0 Å². The first kappa shape index (κ1) is 16.2. The summed E-state index contributed by atoms with van der Waals surface area (Å²) in [6.45, 7) is 1.75. The molecule has 4 nitrogen and oxygen atoms in total. The van der Waals surface area contributed by atoms with Gasteiger partial charge in [-0.05, 0) is 44.3 Å². The van der Waals surface area contributed by atoms with Crippen LogP contribution in [-0.4, -0.2) is 34.9 Å². The Bertz CT molecular complexity index is 626. The van der Waals surface area contributed by atoms with Crippen LogP contribution in [-0.2, 0) is 16.3 Å². The Balaban J connectivity index is 2.42. The van der Waals surface area contributed by atoms with Crippen molar-refractivity contribution in [3.8, 4) is 5.75 Å². The van der Waals surface area contributed by atoms with Gasteiger partial charge in [0.2, 0.25) is 0 Å². The van der Waals surface area contributed by atoms with Crippen molar-refractivity contribution in [2.45, 2.75) is 24.2 Å². The molecule has 0 radical (unpaired) electrons. The summed E-state index contributed by atoms with van der Waals surface area (Å²) in [6.07, 6.45) is 3.09. The monoisotopic (exact) mass is 319 g/mol. The Labute approximate surface area is 123 Å². The molecule has 1 aliphatic rings. The molecule has 118 valence electrons. The molecule has 1 heterocycles. The summed E-state index contributed by atoms with van der Waals surface area (Å²) < 4.78 is 56.3.